The van der Waals surface area contributed by atoms with Crippen LogP contribution in [0.5, 0.6) is 5.75 Å². The zero-order valence-electron chi connectivity index (χ0n) is 29.8. The summed E-state index contributed by atoms with van der Waals surface area (Å²) in [7, 11) is -6.64. The van der Waals surface area contributed by atoms with Crippen LogP contribution in [0.25, 0.3) is 11.2 Å². The van der Waals surface area contributed by atoms with E-state index in [1.165, 1.54) is 24.1 Å². The summed E-state index contributed by atoms with van der Waals surface area (Å²) in [6.45, 7) is 3.34. The molecule has 0 saturated carbocycles. The first-order valence-electron chi connectivity index (χ1n) is 17.5. The van der Waals surface area contributed by atoms with Gasteiger partial charge in [0.15, 0.2) is 42.0 Å². The van der Waals surface area contributed by atoms with E-state index in [-0.39, 0.29) is 6.61 Å². The number of rotatable bonds is 14. The summed E-state index contributed by atoms with van der Waals surface area (Å²) in [4.78, 5) is 26.2. The zero-order chi connectivity index (χ0) is 38.4. The molecule has 6 atom stereocenters. The Labute approximate surface area is 331 Å². The maximum absolute atomic E-state index is 16.2. The molecule has 3 heterocycles. The molecular formula is C39H38FIN6O6P2. The number of carbonyl (C=O) groups excluding carboxylic acids is 1. The summed E-state index contributed by atoms with van der Waals surface area (Å²) < 4.78 is 59.6. The molecule has 0 aliphatic carbocycles. The topological polar surface area (TPSA) is 139 Å². The Kier molecular flexibility index (Phi) is 12.2. The number of fused-ring (bicyclic) bond motifs is 1. The molecule has 1 saturated heterocycles. The molecule has 284 valence electrons. The number of esters is 1. The fraction of sp³-hybridized carbons (Fsp3) is 0.231. The molecule has 0 amide bonds. The largest absolute Gasteiger partial charge is 0.465 e. The Morgan fingerprint density at radius 1 is 0.909 bits per heavy atom. The molecule has 1 fully saturated rings. The molecule has 1 aliphatic heterocycles. The van der Waals surface area contributed by atoms with Crippen molar-refractivity contribution in [2.75, 3.05) is 13.0 Å². The number of benzene rings is 4. The van der Waals surface area contributed by atoms with Crippen LogP contribution in [0.3, 0.4) is 0 Å². The number of hydrogen-bond donors (Lipinski definition) is 1. The molecule has 0 spiro atoms. The van der Waals surface area contributed by atoms with E-state index in [4.69, 9.17) is 23.5 Å². The fourth-order valence-electron chi connectivity index (χ4n) is 6.27. The maximum Gasteiger partial charge on any atom is 0.342 e. The lowest BCUT2D eigenvalue weighted by Gasteiger charge is -2.26. The molecule has 1 aliphatic rings. The van der Waals surface area contributed by atoms with Gasteiger partial charge in [0.1, 0.15) is 18.1 Å². The molecule has 1 N–H and O–H groups in total. The van der Waals surface area contributed by atoms with Gasteiger partial charge in [-0.3, -0.25) is 13.9 Å². The number of aromatic nitrogens is 4. The van der Waals surface area contributed by atoms with Crippen molar-refractivity contribution >= 4 is 76.0 Å². The molecule has 16 heteroatoms. The van der Waals surface area contributed by atoms with Gasteiger partial charge in [-0.05, 0) is 26.0 Å². The van der Waals surface area contributed by atoms with Crippen molar-refractivity contribution in [3.63, 3.8) is 0 Å². The summed E-state index contributed by atoms with van der Waals surface area (Å²) >= 11 is 1.92. The van der Waals surface area contributed by atoms with Gasteiger partial charge in [-0.1, -0.05) is 132 Å². The van der Waals surface area contributed by atoms with Gasteiger partial charge < -0.3 is 18.7 Å². The number of nitrogens with zero attached hydrogens (tertiary/aromatic N) is 5. The van der Waals surface area contributed by atoms with E-state index >= 15 is 4.39 Å². The highest BCUT2D eigenvalue weighted by Gasteiger charge is 2.47. The van der Waals surface area contributed by atoms with Crippen LogP contribution in [-0.2, 0) is 23.6 Å². The number of alkyl halides is 2. The Morgan fingerprint density at radius 3 is 2.04 bits per heavy atom. The van der Waals surface area contributed by atoms with E-state index in [2.05, 4.69) is 56.4 Å². The number of para-hydroxylation sites is 1. The van der Waals surface area contributed by atoms with Crippen LogP contribution < -0.4 is 25.5 Å². The van der Waals surface area contributed by atoms with Gasteiger partial charge in [0.2, 0.25) is 0 Å². The van der Waals surface area contributed by atoms with Crippen LogP contribution in [0.2, 0.25) is 0 Å². The molecular weight excluding hydrogens is 856 g/mol. The summed E-state index contributed by atoms with van der Waals surface area (Å²) in [6, 6.07) is 37.9. The van der Waals surface area contributed by atoms with Crippen LogP contribution in [0.4, 0.5) is 10.2 Å². The second-order valence-corrected chi connectivity index (χ2v) is 19.0. The minimum Gasteiger partial charge on any atom is -0.465 e. The predicted octanol–water partition coefficient (Wildman–Crippen LogP) is 7.42. The third-order valence-corrected chi connectivity index (χ3v) is 15.5. The lowest BCUT2D eigenvalue weighted by molar-refractivity contribution is -0.144. The number of imidazole rings is 1. The van der Waals surface area contributed by atoms with Gasteiger partial charge >= 0.3 is 13.5 Å². The number of nitrogens with one attached hydrogen (secondary N) is 1. The second-order valence-electron chi connectivity index (χ2n) is 12.5. The van der Waals surface area contributed by atoms with Crippen LogP contribution in [0.1, 0.15) is 20.1 Å². The number of carbonyl (C=O) groups is 1. The Morgan fingerprint density at radius 2 is 1.47 bits per heavy atom. The van der Waals surface area contributed by atoms with Crippen molar-refractivity contribution in [1.29, 1.82) is 0 Å². The minimum atomic E-state index is -3.92. The van der Waals surface area contributed by atoms with Gasteiger partial charge in [0, 0.05) is 15.9 Å². The molecule has 4 aromatic carbocycles. The molecule has 55 heavy (non-hydrogen) atoms. The van der Waals surface area contributed by atoms with E-state index < -0.39 is 55.5 Å². The average Bonchev–Trinajstić information content (AvgIpc) is 3.77. The summed E-state index contributed by atoms with van der Waals surface area (Å²) in [5.41, 5.74) is 0.693. The first-order valence-corrected chi connectivity index (χ1v) is 22.3. The Hall–Kier alpha value is -4.30. The quantitative estimate of drug-likeness (QED) is 0.0509. The van der Waals surface area contributed by atoms with Gasteiger partial charge in [0.05, 0.1) is 23.9 Å². The van der Waals surface area contributed by atoms with Crippen molar-refractivity contribution in [1.82, 2.24) is 24.6 Å². The van der Waals surface area contributed by atoms with Gasteiger partial charge in [0.25, 0.3) is 0 Å². The summed E-state index contributed by atoms with van der Waals surface area (Å²) in [5.74, 6) is 0.0335. The van der Waals surface area contributed by atoms with Crippen molar-refractivity contribution in [3.8, 4) is 5.75 Å². The Bertz CT molecular complexity index is 2220. The first-order chi connectivity index (χ1) is 26.7. The molecule has 12 nitrogen and oxygen atoms in total. The third kappa shape index (κ3) is 8.30. The molecule has 2 aromatic heterocycles. The van der Waals surface area contributed by atoms with E-state index in [1.54, 1.807) is 37.3 Å². The zero-order valence-corrected chi connectivity index (χ0v) is 33.8. The normalized spacial score (nSPS) is 20.1. The molecule has 0 radical (unpaired) electrons. The van der Waals surface area contributed by atoms with Gasteiger partial charge in [-0.2, -0.15) is 0 Å². The monoisotopic (exact) mass is 894 g/mol. The molecule has 0 bridgehead atoms. The van der Waals surface area contributed by atoms with Crippen LogP contribution in [-0.4, -0.2) is 60.9 Å². The lowest BCUT2D eigenvalue weighted by atomic mass is 10.3. The van der Waals surface area contributed by atoms with Gasteiger partial charge in [-0.25, -0.2) is 29.2 Å². The summed E-state index contributed by atoms with van der Waals surface area (Å²) in [6.07, 6.45) is -1.61. The predicted molar refractivity (Wildman–Crippen MR) is 219 cm³/mol. The fourth-order valence-corrected chi connectivity index (χ4v) is 12.2. The minimum absolute atomic E-state index is 0.149. The van der Waals surface area contributed by atoms with Crippen LogP contribution in [0, 0.1) is 0 Å². The van der Waals surface area contributed by atoms with E-state index in [0.29, 0.717) is 22.7 Å². The number of ether oxygens (including phenoxy) is 3. The van der Waals surface area contributed by atoms with E-state index in [0.717, 1.165) is 15.9 Å². The highest BCUT2D eigenvalue weighted by Crippen LogP contribution is 2.50. The van der Waals surface area contributed by atoms with E-state index in [1.807, 2.05) is 77.2 Å². The highest BCUT2D eigenvalue weighted by atomic mass is 127. The standard InChI is InChI=1S/C39H38FIN6O6P2/c1-3-50-38(48)27(2)45-54(49,53-28-16-8-4-9-17-28)26-51-39-33(41)32(40)37(52-39)47-25-44-34-35(42-24-43-36(34)47)46-55(29-18-10-5-11-19-29,30-20-12-6-13-21-30)31-22-14-7-15-23-31/h4-25,27,32-33,37,39H,3,26H2,1-2H3,(H,45,49)/t27-,32?,33-,37+,39-,54-/m0/s1. The lowest BCUT2D eigenvalue weighted by Crippen LogP contribution is -2.36. The van der Waals surface area contributed by atoms with Crippen molar-refractivity contribution < 1.29 is 32.5 Å². The molecule has 6 aromatic rings. The number of halogens is 2. The second kappa shape index (κ2) is 17.2. The van der Waals surface area contributed by atoms with Crippen molar-refractivity contribution in [2.45, 2.75) is 42.5 Å². The van der Waals surface area contributed by atoms with Gasteiger partial charge in [-0.15, -0.1) is 0 Å². The smallest absolute Gasteiger partial charge is 0.342 e. The SMILES string of the molecule is CCOC(=O)[C@H](C)N[P@](=O)(CO[C@H]1O[C@@H](n2cnc3c(N=P(c4ccccc4)(c4ccccc4)c4ccccc4)ncnc32)C(F)[C@@H]1I)Oc1ccccc1. The van der Waals surface area contributed by atoms with Crippen molar-refractivity contribution in [2.24, 2.45) is 4.74 Å². The van der Waals surface area contributed by atoms with E-state index in [9.17, 15) is 9.36 Å². The average molecular weight is 895 g/mol. The van der Waals surface area contributed by atoms with Crippen LogP contribution >= 0.6 is 37.2 Å². The first kappa shape index (κ1) is 39.0. The molecule has 1 unspecified atom stereocenters. The van der Waals surface area contributed by atoms with Crippen molar-refractivity contribution in [3.05, 3.63) is 134 Å². The summed E-state index contributed by atoms with van der Waals surface area (Å²) in [5, 5.41) is 5.81. The third-order valence-electron chi connectivity index (χ3n) is 8.79. The Balaban J connectivity index is 1.21. The molecule has 7 rings (SSSR count). The highest BCUT2D eigenvalue weighted by molar-refractivity contribution is 14.1. The number of hydrogen-bond acceptors (Lipinski definition) is 10. The van der Waals surface area contributed by atoms with Crippen LogP contribution in [0.15, 0.2) is 139 Å². The maximum atomic E-state index is 16.2.